The lowest BCUT2D eigenvalue weighted by molar-refractivity contribution is 0.0935. The summed E-state index contributed by atoms with van der Waals surface area (Å²) in [5, 5.41) is 5.25. The molecule has 5 heteroatoms. The second-order valence-electron chi connectivity index (χ2n) is 5.66. The summed E-state index contributed by atoms with van der Waals surface area (Å²) in [6.07, 6.45) is 1.33. The molecule has 2 unspecified atom stereocenters. The summed E-state index contributed by atoms with van der Waals surface area (Å²) < 4.78 is 5.20. The van der Waals surface area contributed by atoms with E-state index in [4.69, 9.17) is 10.2 Å². The molecule has 2 atom stereocenters. The van der Waals surface area contributed by atoms with Crippen molar-refractivity contribution in [1.82, 2.24) is 10.3 Å². The number of nitrogens with two attached hydrogens (primary N) is 1. The maximum Gasteiger partial charge on any atom is 0.273 e. The van der Waals surface area contributed by atoms with Crippen molar-refractivity contribution in [2.45, 2.75) is 25.9 Å². The summed E-state index contributed by atoms with van der Waals surface area (Å²) in [7, 11) is 0. The first kappa shape index (κ1) is 15.2. The van der Waals surface area contributed by atoms with E-state index in [-0.39, 0.29) is 23.7 Å². The Labute approximate surface area is 134 Å². The Balaban J connectivity index is 1.76. The standard InChI is InChI=1S/C18H19N3O2/c1-11(19)18-21-16(10-23-18)17(22)20-12(2)14-8-7-13-5-3-4-6-15(13)9-14/h3-12H,19H2,1-2H3,(H,20,22). The van der Waals surface area contributed by atoms with E-state index in [1.807, 2.05) is 25.1 Å². The van der Waals surface area contributed by atoms with Gasteiger partial charge in [0.25, 0.3) is 5.91 Å². The number of carbonyl (C=O) groups is 1. The minimum Gasteiger partial charge on any atom is -0.446 e. The smallest absolute Gasteiger partial charge is 0.273 e. The number of rotatable bonds is 4. The highest BCUT2D eigenvalue weighted by Gasteiger charge is 2.17. The SMILES string of the molecule is CC(N)c1nc(C(=O)NC(C)c2ccc3ccccc3c2)co1. The van der Waals surface area contributed by atoms with Crippen molar-refractivity contribution in [2.24, 2.45) is 5.73 Å². The minimum atomic E-state index is -0.338. The highest BCUT2D eigenvalue weighted by Crippen LogP contribution is 2.20. The lowest BCUT2D eigenvalue weighted by Gasteiger charge is -2.14. The molecule has 0 radical (unpaired) electrons. The first-order valence-corrected chi connectivity index (χ1v) is 7.55. The third-order valence-electron chi connectivity index (χ3n) is 3.77. The lowest BCUT2D eigenvalue weighted by Crippen LogP contribution is -2.27. The van der Waals surface area contributed by atoms with Crippen LogP contribution >= 0.6 is 0 Å². The Bertz CT molecular complexity index is 839. The summed E-state index contributed by atoms with van der Waals surface area (Å²) in [5.41, 5.74) is 6.96. The maximum atomic E-state index is 12.3. The predicted molar refractivity (Wildman–Crippen MR) is 88.9 cm³/mol. The van der Waals surface area contributed by atoms with Gasteiger partial charge in [0, 0.05) is 0 Å². The zero-order valence-corrected chi connectivity index (χ0v) is 13.1. The molecule has 0 spiro atoms. The molecule has 0 aliphatic carbocycles. The van der Waals surface area contributed by atoms with Gasteiger partial charge in [0.05, 0.1) is 12.1 Å². The van der Waals surface area contributed by atoms with Crippen LogP contribution < -0.4 is 11.1 Å². The molecular formula is C18H19N3O2. The molecule has 0 aliphatic heterocycles. The summed E-state index contributed by atoms with van der Waals surface area (Å²) >= 11 is 0. The molecule has 1 amide bonds. The molecule has 0 aliphatic rings. The van der Waals surface area contributed by atoms with Crippen molar-refractivity contribution in [2.75, 3.05) is 0 Å². The molecule has 3 aromatic rings. The number of fused-ring (bicyclic) bond motifs is 1. The predicted octanol–water partition coefficient (Wildman–Crippen LogP) is 3.34. The van der Waals surface area contributed by atoms with Gasteiger partial charge in [-0.1, -0.05) is 36.4 Å². The number of carbonyl (C=O) groups excluding carboxylic acids is 1. The fourth-order valence-electron chi connectivity index (χ4n) is 2.43. The van der Waals surface area contributed by atoms with E-state index in [2.05, 4.69) is 34.6 Å². The van der Waals surface area contributed by atoms with Crippen LogP contribution in [-0.2, 0) is 0 Å². The monoisotopic (exact) mass is 309 g/mol. The average molecular weight is 309 g/mol. The Morgan fingerprint density at radius 3 is 2.61 bits per heavy atom. The first-order valence-electron chi connectivity index (χ1n) is 7.55. The number of benzene rings is 2. The van der Waals surface area contributed by atoms with E-state index in [0.29, 0.717) is 5.89 Å². The summed E-state index contributed by atoms with van der Waals surface area (Å²) in [6, 6.07) is 13.8. The third kappa shape index (κ3) is 3.24. The van der Waals surface area contributed by atoms with Crippen LogP contribution in [0, 0.1) is 0 Å². The van der Waals surface area contributed by atoms with E-state index in [1.54, 1.807) is 6.92 Å². The zero-order valence-electron chi connectivity index (χ0n) is 13.1. The molecule has 0 saturated carbocycles. The molecule has 0 fully saturated rings. The molecule has 5 nitrogen and oxygen atoms in total. The van der Waals surface area contributed by atoms with Crippen LogP contribution in [0.25, 0.3) is 10.8 Å². The molecule has 0 saturated heterocycles. The van der Waals surface area contributed by atoms with Gasteiger partial charge in [-0.05, 0) is 36.2 Å². The minimum absolute atomic E-state index is 0.137. The van der Waals surface area contributed by atoms with Gasteiger partial charge in [-0.2, -0.15) is 0 Å². The Morgan fingerprint density at radius 2 is 1.91 bits per heavy atom. The van der Waals surface area contributed by atoms with E-state index in [0.717, 1.165) is 10.9 Å². The second-order valence-corrected chi connectivity index (χ2v) is 5.66. The van der Waals surface area contributed by atoms with Crippen LogP contribution in [0.1, 0.15) is 47.9 Å². The maximum absolute atomic E-state index is 12.3. The van der Waals surface area contributed by atoms with Crippen LogP contribution in [0.5, 0.6) is 0 Å². The van der Waals surface area contributed by atoms with Crippen LogP contribution in [0.4, 0.5) is 0 Å². The van der Waals surface area contributed by atoms with Crippen molar-refractivity contribution in [3.63, 3.8) is 0 Å². The largest absolute Gasteiger partial charge is 0.446 e. The van der Waals surface area contributed by atoms with Gasteiger partial charge < -0.3 is 15.5 Å². The normalized spacial score (nSPS) is 13.7. The fourth-order valence-corrected chi connectivity index (χ4v) is 2.43. The molecule has 23 heavy (non-hydrogen) atoms. The Morgan fingerprint density at radius 1 is 1.17 bits per heavy atom. The lowest BCUT2D eigenvalue weighted by atomic mass is 10.0. The fraction of sp³-hybridized carbons (Fsp3) is 0.222. The summed E-state index contributed by atoms with van der Waals surface area (Å²) in [6.45, 7) is 3.69. The van der Waals surface area contributed by atoms with Gasteiger partial charge in [-0.3, -0.25) is 4.79 Å². The van der Waals surface area contributed by atoms with Gasteiger partial charge in [0.15, 0.2) is 5.69 Å². The molecule has 118 valence electrons. The average Bonchev–Trinajstić information content (AvgIpc) is 3.04. The van der Waals surface area contributed by atoms with E-state index >= 15 is 0 Å². The van der Waals surface area contributed by atoms with Gasteiger partial charge >= 0.3 is 0 Å². The van der Waals surface area contributed by atoms with Crippen molar-refractivity contribution < 1.29 is 9.21 Å². The second kappa shape index (κ2) is 6.22. The van der Waals surface area contributed by atoms with Crippen molar-refractivity contribution in [3.8, 4) is 0 Å². The number of oxazole rings is 1. The van der Waals surface area contributed by atoms with Crippen molar-refractivity contribution >= 4 is 16.7 Å². The van der Waals surface area contributed by atoms with Crippen LogP contribution in [0.3, 0.4) is 0 Å². The van der Waals surface area contributed by atoms with Crippen LogP contribution in [-0.4, -0.2) is 10.9 Å². The number of nitrogens with one attached hydrogen (secondary N) is 1. The molecule has 1 heterocycles. The van der Waals surface area contributed by atoms with Crippen molar-refractivity contribution in [1.29, 1.82) is 0 Å². The molecule has 3 rings (SSSR count). The number of hydrogen-bond donors (Lipinski definition) is 2. The molecule has 1 aromatic heterocycles. The highest BCUT2D eigenvalue weighted by atomic mass is 16.3. The van der Waals surface area contributed by atoms with Crippen molar-refractivity contribution in [3.05, 3.63) is 65.9 Å². The summed E-state index contributed by atoms with van der Waals surface area (Å²) in [4.78, 5) is 16.4. The van der Waals surface area contributed by atoms with Gasteiger partial charge in [-0.25, -0.2) is 4.98 Å². The van der Waals surface area contributed by atoms with E-state index < -0.39 is 0 Å². The van der Waals surface area contributed by atoms with Gasteiger partial charge in [-0.15, -0.1) is 0 Å². The van der Waals surface area contributed by atoms with Crippen LogP contribution in [0.15, 0.2) is 53.1 Å². The summed E-state index contributed by atoms with van der Waals surface area (Å²) in [5.74, 6) is 0.0785. The van der Waals surface area contributed by atoms with E-state index in [1.165, 1.54) is 11.6 Å². The third-order valence-corrected chi connectivity index (χ3v) is 3.77. The van der Waals surface area contributed by atoms with Crippen LogP contribution in [0.2, 0.25) is 0 Å². The highest BCUT2D eigenvalue weighted by molar-refractivity contribution is 5.92. The van der Waals surface area contributed by atoms with E-state index in [9.17, 15) is 4.79 Å². The Kier molecular flexibility index (Phi) is 4.12. The molecule has 2 aromatic carbocycles. The van der Waals surface area contributed by atoms with Gasteiger partial charge in [0.1, 0.15) is 6.26 Å². The molecular weight excluding hydrogens is 290 g/mol. The quantitative estimate of drug-likeness (QED) is 0.774. The van der Waals surface area contributed by atoms with Gasteiger partial charge in [0.2, 0.25) is 5.89 Å². The number of hydrogen-bond acceptors (Lipinski definition) is 4. The number of nitrogens with zero attached hydrogens (tertiary/aromatic N) is 1. The Hall–Kier alpha value is -2.66. The first-order chi connectivity index (χ1) is 11.0. The molecule has 0 bridgehead atoms. The molecule has 3 N–H and O–H groups in total. The number of aromatic nitrogens is 1. The number of amides is 1. The zero-order chi connectivity index (χ0) is 16.4. The topological polar surface area (TPSA) is 81.1 Å².